The van der Waals surface area contributed by atoms with Crippen molar-refractivity contribution in [1.29, 1.82) is 0 Å². The molecular weight excluding hydrogens is 266 g/mol. The van der Waals surface area contributed by atoms with Gasteiger partial charge in [-0.1, -0.05) is 29.8 Å². The van der Waals surface area contributed by atoms with Crippen LogP contribution < -0.4 is 10.1 Å². The summed E-state index contributed by atoms with van der Waals surface area (Å²) in [6.07, 6.45) is 0. The Kier molecular flexibility index (Phi) is 4.64. The lowest BCUT2D eigenvalue weighted by Crippen LogP contribution is -2.18. The summed E-state index contributed by atoms with van der Waals surface area (Å²) in [5.74, 6) is 0.912. The minimum Gasteiger partial charge on any atom is -0.496 e. The van der Waals surface area contributed by atoms with E-state index in [-0.39, 0.29) is 6.04 Å². The lowest BCUT2D eigenvalue weighted by molar-refractivity contribution is 0.401. The largest absolute Gasteiger partial charge is 0.496 e. The molecular formula is C14H16ClNOS. The molecule has 1 aromatic carbocycles. The van der Waals surface area contributed by atoms with E-state index in [2.05, 4.69) is 18.3 Å². The fourth-order valence-corrected chi connectivity index (χ4v) is 2.88. The van der Waals surface area contributed by atoms with Gasteiger partial charge in [0.05, 0.1) is 12.1 Å². The van der Waals surface area contributed by atoms with Crippen molar-refractivity contribution < 1.29 is 4.74 Å². The number of methoxy groups -OCH3 is 1. The van der Waals surface area contributed by atoms with Gasteiger partial charge in [0.2, 0.25) is 0 Å². The Labute approximate surface area is 117 Å². The molecule has 0 fully saturated rings. The van der Waals surface area contributed by atoms with Crippen molar-refractivity contribution in [3.05, 3.63) is 51.2 Å². The van der Waals surface area contributed by atoms with E-state index in [0.717, 1.165) is 22.9 Å². The quantitative estimate of drug-likeness (QED) is 0.884. The monoisotopic (exact) mass is 281 g/mol. The number of ether oxygens (including phenoxy) is 1. The molecule has 18 heavy (non-hydrogen) atoms. The molecule has 96 valence electrons. The van der Waals surface area contributed by atoms with Crippen LogP contribution in [0.4, 0.5) is 0 Å². The first kappa shape index (κ1) is 13.4. The van der Waals surface area contributed by atoms with Crippen molar-refractivity contribution in [3.8, 4) is 5.75 Å². The van der Waals surface area contributed by atoms with Gasteiger partial charge in [-0.3, -0.25) is 0 Å². The number of thiophene rings is 1. The predicted molar refractivity (Wildman–Crippen MR) is 77.6 cm³/mol. The molecule has 0 bridgehead atoms. The first-order chi connectivity index (χ1) is 8.72. The van der Waals surface area contributed by atoms with Crippen LogP contribution in [0.5, 0.6) is 5.75 Å². The highest BCUT2D eigenvalue weighted by Crippen LogP contribution is 2.26. The molecule has 1 heterocycles. The molecule has 1 atom stereocenters. The van der Waals surface area contributed by atoms with E-state index in [9.17, 15) is 0 Å². The van der Waals surface area contributed by atoms with E-state index >= 15 is 0 Å². The van der Waals surface area contributed by atoms with Crippen LogP contribution in [0.2, 0.25) is 5.02 Å². The lowest BCUT2D eigenvalue weighted by Gasteiger charge is -2.16. The normalized spacial score (nSPS) is 12.4. The number of hydrogen-bond acceptors (Lipinski definition) is 3. The Hall–Kier alpha value is -1.03. The van der Waals surface area contributed by atoms with Crippen LogP contribution in [0.15, 0.2) is 35.7 Å². The third kappa shape index (κ3) is 3.05. The molecule has 2 aromatic rings. The predicted octanol–water partition coefficient (Wildman–Crippen LogP) is 4.26. The molecule has 0 saturated carbocycles. The van der Waals surface area contributed by atoms with Gasteiger partial charge >= 0.3 is 0 Å². The highest BCUT2D eigenvalue weighted by molar-refractivity contribution is 7.10. The van der Waals surface area contributed by atoms with Crippen LogP contribution in [0.3, 0.4) is 0 Å². The minimum absolute atomic E-state index is 0.222. The van der Waals surface area contributed by atoms with Crippen LogP contribution in [0, 0.1) is 0 Å². The molecule has 1 aromatic heterocycles. The number of nitrogens with one attached hydrogen (secondary N) is 1. The first-order valence-electron chi connectivity index (χ1n) is 5.80. The van der Waals surface area contributed by atoms with E-state index in [4.69, 9.17) is 16.3 Å². The summed E-state index contributed by atoms with van der Waals surface area (Å²) in [4.78, 5) is 1.17. The maximum Gasteiger partial charge on any atom is 0.123 e. The van der Waals surface area contributed by atoms with E-state index < -0.39 is 0 Å². The van der Waals surface area contributed by atoms with Gasteiger partial charge in [-0.05, 0) is 24.4 Å². The molecule has 2 rings (SSSR count). The second kappa shape index (κ2) is 6.23. The van der Waals surface area contributed by atoms with Crippen molar-refractivity contribution in [1.82, 2.24) is 5.32 Å². The summed E-state index contributed by atoms with van der Waals surface area (Å²) in [6.45, 7) is 2.90. The summed E-state index contributed by atoms with van der Waals surface area (Å²) in [5, 5.41) is 6.30. The summed E-state index contributed by atoms with van der Waals surface area (Å²) in [7, 11) is 1.70. The van der Waals surface area contributed by atoms with Gasteiger partial charge in [-0.2, -0.15) is 0 Å². The number of para-hydroxylation sites is 1. The molecule has 2 nitrogen and oxygen atoms in total. The average molecular weight is 282 g/mol. The van der Waals surface area contributed by atoms with Gasteiger partial charge in [0, 0.05) is 23.0 Å². The van der Waals surface area contributed by atoms with Crippen LogP contribution >= 0.6 is 22.9 Å². The zero-order valence-electron chi connectivity index (χ0n) is 10.4. The van der Waals surface area contributed by atoms with Crippen LogP contribution in [0.1, 0.15) is 23.4 Å². The molecule has 0 amide bonds. The molecule has 1 N–H and O–H groups in total. The van der Waals surface area contributed by atoms with Crippen molar-refractivity contribution in [2.24, 2.45) is 0 Å². The summed E-state index contributed by atoms with van der Waals surface area (Å²) in [5.41, 5.74) is 1.16. The first-order valence-corrected chi connectivity index (χ1v) is 7.06. The SMILES string of the molecule is COc1ccccc1[C@@H](C)NCc1sccc1Cl. The smallest absolute Gasteiger partial charge is 0.123 e. The summed E-state index contributed by atoms with van der Waals surface area (Å²) in [6, 6.07) is 10.2. The van der Waals surface area contributed by atoms with Crippen LogP contribution in [-0.2, 0) is 6.54 Å². The Morgan fingerprint density at radius 3 is 2.78 bits per heavy atom. The molecule has 0 unspecified atom stereocenters. The minimum atomic E-state index is 0.222. The Morgan fingerprint density at radius 1 is 1.33 bits per heavy atom. The third-order valence-electron chi connectivity index (χ3n) is 2.87. The standard InChI is InChI=1S/C14H16ClNOS/c1-10(11-5-3-4-6-13(11)17-2)16-9-14-12(15)7-8-18-14/h3-8,10,16H,9H2,1-2H3/t10-/m1/s1. The Morgan fingerprint density at radius 2 is 2.11 bits per heavy atom. The van der Waals surface area contributed by atoms with Crippen molar-refractivity contribution >= 4 is 22.9 Å². The van der Waals surface area contributed by atoms with Gasteiger partial charge < -0.3 is 10.1 Å². The molecule has 0 radical (unpaired) electrons. The second-order valence-electron chi connectivity index (χ2n) is 4.04. The van der Waals surface area contributed by atoms with Gasteiger partial charge in [-0.15, -0.1) is 11.3 Å². The van der Waals surface area contributed by atoms with Gasteiger partial charge in [0.25, 0.3) is 0 Å². The number of halogens is 1. The second-order valence-corrected chi connectivity index (χ2v) is 5.44. The fourth-order valence-electron chi connectivity index (χ4n) is 1.83. The molecule has 0 saturated heterocycles. The topological polar surface area (TPSA) is 21.3 Å². The molecule has 0 aliphatic heterocycles. The maximum atomic E-state index is 6.07. The highest BCUT2D eigenvalue weighted by Gasteiger charge is 2.11. The summed E-state index contributed by atoms with van der Waals surface area (Å²) < 4.78 is 5.36. The third-order valence-corrected chi connectivity index (χ3v) is 4.25. The number of hydrogen-bond donors (Lipinski definition) is 1. The molecule has 0 aliphatic rings. The maximum absolute atomic E-state index is 6.07. The summed E-state index contributed by atoms with van der Waals surface area (Å²) >= 11 is 7.74. The van der Waals surface area contributed by atoms with E-state index in [0.29, 0.717) is 0 Å². The average Bonchev–Trinajstić information content (AvgIpc) is 2.81. The van der Waals surface area contributed by atoms with E-state index in [1.165, 1.54) is 4.88 Å². The fraction of sp³-hybridized carbons (Fsp3) is 0.286. The molecule has 4 heteroatoms. The van der Waals surface area contributed by atoms with E-state index in [1.807, 2.05) is 29.6 Å². The van der Waals surface area contributed by atoms with Crippen LogP contribution in [0.25, 0.3) is 0 Å². The van der Waals surface area contributed by atoms with Gasteiger partial charge in [-0.25, -0.2) is 0 Å². The number of rotatable bonds is 5. The highest BCUT2D eigenvalue weighted by atomic mass is 35.5. The molecule has 0 aliphatic carbocycles. The van der Waals surface area contributed by atoms with Crippen molar-refractivity contribution in [2.75, 3.05) is 7.11 Å². The number of benzene rings is 1. The Balaban J connectivity index is 2.03. The van der Waals surface area contributed by atoms with Gasteiger partial charge in [0.1, 0.15) is 5.75 Å². The van der Waals surface area contributed by atoms with Crippen molar-refractivity contribution in [3.63, 3.8) is 0 Å². The zero-order chi connectivity index (χ0) is 13.0. The lowest BCUT2D eigenvalue weighted by atomic mass is 10.1. The van der Waals surface area contributed by atoms with Crippen molar-refractivity contribution in [2.45, 2.75) is 19.5 Å². The van der Waals surface area contributed by atoms with E-state index in [1.54, 1.807) is 18.4 Å². The molecule has 0 spiro atoms. The zero-order valence-corrected chi connectivity index (χ0v) is 12.0. The Bertz CT molecular complexity index is 512. The van der Waals surface area contributed by atoms with Gasteiger partial charge in [0.15, 0.2) is 0 Å². The van der Waals surface area contributed by atoms with Crippen LogP contribution in [-0.4, -0.2) is 7.11 Å².